The largest absolute Gasteiger partial charge is 0.458 e. The van der Waals surface area contributed by atoms with Gasteiger partial charge in [0, 0.05) is 22.7 Å². The molecule has 208 valence electrons. The summed E-state index contributed by atoms with van der Waals surface area (Å²) < 4.78 is 13.2. The molecule has 2 heterocycles. The van der Waals surface area contributed by atoms with Crippen molar-refractivity contribution < 1.29 is 9.47 Å². The van der Waals surface area contributed by atoms with Gasteiger partial charge in [-0.3, -0.25) is 0 Å². The third-order valence-corrected chi connectivity index (χ3v) is 8.39. The maximum absolute atomic E-state index is 6.59. The Labute approximate surface area is 257 Å². The van der Waals surface area contributed by atoms with Gasteiger partial charge in [-0.15, -0.1) is 0 Å². The summed E-state index contributed by atoms with van der Waals surface area (Å²) in [6.45, 7) is 3.85. The average molecular weight is 565 g/mol. The van der Waals surface area contributed by atoms with Gasteiger partial charge >= 0.3 is 0 Å². The fourth-order valence-electron chi connectivity index (χ4n) is 6.47. The Kier molecular flexibility index (Phi) is 6.38. The van der Waals surface area contributed by atoms with Crippen LogP contribution in [0.15, 0.2) is 164 Å². The van der Waals surface area contributed by atoms with Crippen LogP contribution in [0.4, 0.5) is 11.4 Å². The molecule has 0 bridgehead atoms. The molecule has 2 aliphatic heterocycles. The second-order valence-electron chi connectivity index (χ2n) is 10.9. The van der Waals surface area contributed by atoms with Crippen molar-refractivity contribution in [3.05, 3.63) is 164 Å². The molecule has 0 atom stereocenters. The molecule has 8 rings (SSSR count). The van der Waals surface area contributed by atoms with Gasteiger partial charge in [-0.25, -0.2) is 0 Å². The molecular weight excluding hydrogens is 537 g/mol. The van der Waals surface area contributed by atoms with Crippen molar-refractivity contribution in [1.82, 2.24) is 0 Å². The van der Waals surface area contributed by atoms with E-state index in [1.807, 2.05) is 36.4 Å². The van der Waals surface area contributed by atoms with E-state index in [4.69, 9.17) is 9.47 Å². The second kappa shape index (κ2) is 10.8. The van der Waals surface area contributed by atoms with Gasteiger partial charge in [0.2, 0.25) is 0 Å². The number of nitrogens with zero attached hydrogens (tertiary/aromatic N) is 1. The Hall–Kier alpha value is -5.74. The molecule has 0 saturated carbocycles. The van der Waals surface area contributed by atoms with E-state index in [0.717, 1.165) is 72.7 Å². The lowest BCUT2D eigenvalue weighted by Gasteiger charge is -2.33. The first-order valence-electron chi connectivity index (χ1n) is 14.8. The summed E-state index contributed by atoms with van der Waals surface area (Å²) in [6.07, 6.45) is 9.82. The highest BCUT2D eigenvalue weighted by atomic mass is 16.5. The van der Waals surface area contributed by atoms with Gasteiger partial charge in [-0.1, -0.05) is 110 Å². The Morgan fingerprint density at radius 2 is 1.18 bits per heavy atom. The zero-order valence-corrected chi connectivity index (χ0v) is 24.1. The van der Waals surface area contributed by atoms with Gasteiger partial charge in [0.25, 0.3) is 6.71 Å². The topological polar surface area (TPSA) is 21.7 Å². The minimum atomic E-state index is 0.0597. The number of hydrogen-bond acceptors (Lipinski definition) is 3. The van der Waals surface area contributed by atoms with Crippen molar-refractivity contribution in [1.29, 1.82) is 0 Å². The molecule has 0 fully saturated rings. The van der Waals surface area contributed by atoms with E-state index in [0.29, 0.717) is 0 Å². The summed E-state index contributed by atoms with van der Waals surface area (Å²) in [4.78, 5) is 2.22. The smallest absolute Gasteiger partial charge is 0.260 e. The summed E-state index contributed by atoms with van der Waals surface area (Å²) in [5.74, 6) is 3.46. The molecule has 0 amide bonds. The third-order valence-electron chi connectivity index (χ3n) is 8.39. The molecule has 0 N–H and O–H groups in total. The van der Waals surface area contributed by atoms with Crippen LogP contribution in [-0.4, -0.2) is 6.71 Å². The van der Waals surface area contributed by atoms with E-state index in [2.05, 4.69) is 127 Å². The fraction of sp³-hybridized carbons (Fsp3) is 0. The number of anilines is 2. The van der Waals surface area contributed by atoms with E-state index in [1.54, 1.807) is 6.08 Å². The lowest BCUT2D eigenvalue weighted by atomic mass is 9.35. The van der Waals surface area contributed by atoms with Crippen LogP contribution in [0.1, 0.15) is 0 Å². The van der Waals surface area contributed by atoms with Crippen LogP contribution >= 0.6 is 0 Å². The first-order chi connectivity index (χ1) is 21.8. The molecule has 0 spiro atoms. The molecular formula is C40H28BNO2. The lowest BCUT2D eigenvalue weighted by molar-refractivity contribution is 0.465. The number of allylic oxidation sites excluding steroid dienone is 4. The van der Waals surface area contributed by atoms with Crippen molar-refractivity contribution in [2.24, 2.45) is 0 Å². The standard InChI is InChI=1S/C40H28BNO2/c1-2-3-4-14-25-42(29-15-6-5-7-16-29)35-24-23-30(31-17-8-9-18-32(31)35)28-26-38-40-39(27-28)44-37-22-13-11-20-34(37)41(40)33-19-10-12-21-36(33)43-38/h2-27H,1H2/b4-3-,25-14-. The van der Waals surface area contributed by atoms with Gasteiger partial charge in [0.05, 0.1) is 5.69 Å². The minimum Gasteiger partial charge on any atom is -0.458 e. The average Bonchev–Trinajstić information content (AvgIpc) is 3.08. The Morgan fingerprint density at radius 1 is 0.568 bits per heavy atom. The second-order valence-corrected chi connectivity index (χ2v) is 10.9. The highest BCUT2D eigenvalue weighted by Crippen LogP contribution is 2.42. The number of fused-ring (bicyclic) bond motifs is 5. The Bertz CT molecular complexity index is 2040. The van der Waals surface area contributed by atoms with Gasteiger partial charge in [0.1, 0.15) is 23.0 Å². The first kappa shape index (κ1) is 25.9. The van der Waals surface area contributed by atoms with Crippen LogP contribution in [0.25, 0.3) is 21.9 Å². The summed E-state index contributed by atoms with van der Waals surface area (Å²) in [7, 11) is 0. The zero-order chi connectivity index (χ0) is 29.5. The molecule has 0 aliphatic carbocycles. The van der Waals surface area contributed by atoms with E-state index < -0.39 is 0 Å². The van der Waals surface area contributed by atoms with Crippen molar-refractivity contribution in [3.63, 3.8) is 0 Å². The molecule has 6 aromatic rings. The fourth-order valence-corrected chi connectivity index (χ4v) is 6.47. The van der Waals surface area contributed by atoms with Crippen LogP contribution in [0.2, 0.25) is 0 Å². The number of hydrogen-bond donors (Lipinski definition) is 0. The summed E-state index contributed by atoms with van der Waals surface area (Å²) in [6, 6.07) is 44.4. The molecule has 2 aliphatic rings. The monoisotopic (exact) mass is 565 g/mol. The molecule has 44 heavy (non-hydrogen) atoms. The van der Waals surface area contributed by atoms with Gasteiger partial charge < -0.3 is 14.4 Å². The SMILES string of the molecule is C=C/C=C\C=C/N(c1ccccc1)c1ccc(-c2cc3c4c(c2)Oc2ccccc2B4c2ccccc2O3)c2ccccc12. The zero-order valence-electron chi connectivity index (χ0n) is 24.1. The first-order valence-corrected chi connectivity index (χ1v) is 14.8. The summed E-state index contributed by atoms with van der Waals surface area (Å²) >= 11 is 0. The highest BCUT2D eigenvalue weighted by molar-refractivity contribution is 6.98. The number of rotatable bonds is 6. The lowest BCUT2D eigenvalue weighted by Crippen LogP contribution is -2.57. The predicted octanol–water partition coefficient (Wildman–Crippen LogP) is 8.63. The van der Waals surface area contributed by atoms with Crippen LogP contribution in [0.3, 0.4) is 0 Å². The molecule has 6 aromatic carbocycles. The third kappa shape index (κ3) is 4.31. The predicted molar refractivity (Wildman–Crippen MR) is 184 cm³/mol. The number of ether oxygens (including phenoxy) is 2. The molecule has 0 unspecified atom stereocenters. The van der Waals surface area contributed by atoms with Crippen molar-refractivity contribution in [2.45, 2.75) is 0 Å². The molecule has 3 nitrogen and oxygen atoms in total. The molecule has 0 radical (unpaired) electrons. The highest BCUT2D eigenvalue weighted by Gasteiger charge is 2.40. The van der Waals surface area contributed by atoms with Crippen LogP contribution in [0.5, 0.6) is 23.0 Å². The summed E-state index contributed by atoms with van der Waals surface area (Å²) in [5, 5.41) is 2.30. The molecule has 0 aromatic heterocycles. The van der Waals surface area contributed by atoms with Gasteiger partial charge in [0.15, 0.2) is 0 Å². The maximum atomic E-state index is 6.59. The summed E-state index contributed by atoms with van der Waals surface area (Å²) in [5.41, 5.74) is 7.75. The van der Waals surface area contributed by atoms with E-state index in [9.17, 15) is 0 Å². The number of benzene rings is 6. The Balaban J connectivity index is 1.30. The molecule has 0 saturated heterocycles. The quantitative estimate of drug-likeness (QED) is 0.149. The normalized spacial score (nSPS) is 12.8. The van der Waals surface area contributed by atoms with Gasteiger partial charge in [-0.05, 0) is 76.0 Å². The van der Waals surface area contributed by atoms with E-state index in [-0.39, 0.29) is 6.71 Å². The van der Waals surface area contributed by atoms with Crippen molar-refractivity contribution in [2.75, 3.05) is 4.90 Å². The van der Waals surface area contributed by atoms with Crippen LogP contribution < -0.4 is 30.8 Å². The van der Waals surface area contributed by atoms with Gasteiger partial charge in [-0.2, -0.15) is 0 Å². The molecule has 4 heteroatoms. The van der Waals surface area contributed by atoms with Crippen molar-refractivity contribution in [3.8, 4) is 34.1 Å². The van der Waals surface area contributed by atoms with E-state index >= 15 is 0 Å². The van der Waals surface area contributed by atoms with E-state index in [1.165, 1.54) is 0 Å². The van der Waals surface area contributed by atoms with Crippen molar-refractivity contribution >= 4 is 45.2 Å². The number of para-hydroxylation sites is 3. The maximum Gasteiger partial charge on any atom is 0.260 e. The minimum absolute atomic E-state index is 0.0597. The Morgan fingerprint density at radius 3 is 1.86 bits per heavy atom. The van der Waals surface area contributed by atoms with Crippen LogP contribution in [0, 0.1) is 0 Å². The van der Waals surface area contributed by atoms with Crippen LogP contribution in [-0.2, 0) is 0 Å².